The fourth-order valence-corrected chi connectivity index (χ4v) is 2.88. The molecule has 0 radical (unpaired) electrons. The van der Waals surface area contributed by atoms with Crippen molar-refractivity contribution in [1.29, 1.82) is 0 Å². The van der Waals surface area contributed by atoms with Gasteiger partial charge in [0.1, 0.15) is 0 Å². The molecule has 2 N–H and O–H groups in total. The minimum Gasteiger partial charge on any atom is -0.338 e. The van der Waals surface area contributed by atoms with Gasteiger partial charge in [-0.05, 0) is 43.4 Å². The van der Waals surface area contributed by atoms with Crippen LogP contribution in [0, 0.1) is 24.7 Å². The summed E-state index contributed by atoms with van der Waals surface area (Å²) in [5, 5.41) is 0. The summed E-state index contributed by atoms with van der Waals surface area (Å²) in [7, 11) is 0. The van der Waals surface area contributed by atoms with Gasteiger partial charge < -0.3 is 10.6 Å². The van der Waals surface area contributed by atoms with Gasteiger partial charge in [-0.2, -0.15) is 0 Å². The maximum absolute atomic E-state index is 12.6. The summed E-state index contributed by atoms with van der Waals surface area (Å²) in [4.78, 5) is 14.6. The lowest BCUT2D eigenvalue weighted by molar-refractivity contribution is 0.0786. The maximum Gasteiger partial charge on any atom is 0.253 e. The van der Waals surface area contributed by atoms with Gasteiger partial charge in [0.2, 0.25) is 0 Å². The Balaban J connectivity index is 2.13. The van der Waals surface area contributed by atoms with E-state index in [4.69, 9.17) is 5.73 Å². The van der Waals surface area contributed by atoms with Crippen LogP contribution in [0.5, 0.6) is 0 Å². The first-order chi connectivity index (χ1) is 10.2. The van der Waals surface area contributed by atoms with Crippen LogP contribution in [-0.4, -0.2) is 30.4 Å². The SMILES string of the molecule is CCCC1CCN(C(=O)c2ccc(C)c(C#CCN)c2)C1. The van der Waals surface area contributed by atoms with E-state index in [0.29, 0.717) is 12.5 Å². The van der Waals surface area contributed by atoms with E-state index >= 15 is 0 Å². The van der Waals surface area contributed by atoms with Gasteiger partial charge in [-0.1, -0.05) is 31.3 Å². The van der Waals surface area contributed by atoms with E-state index in [1.165, 1.54) is 12.8 Å². The van der Waals surface area contributed by atoms with Gasteiger partial charge in [-0.3, -0.25) is 4.79 Å². The van der Waals surface area contributed by atoms with Crippen molar-refractivity contribution < 1.29 is 4.79 Å². The van der Waals surface area contributed by atoms with Crippen molar-refractivity contribution in [1.82, 2.24) is 4.90 Å². The second-order valence-electron chi connectivity index (χ2n) is 5.73. The fraction of sp³-hybridized carbons (Fsp3) is 0.500. The highest BCUT2D eigenvalue weighted by molar-refractivity contribution is 5.94. The Morgan fingerprint density at radius 1 is 1.48 bits per heavy atom. The third-order valence-electron chi connectivity index (χ3n) is 4.08. The minimum atomic E-state index is 0.129. The summed E-state index contributed by atoms with van der Waals surface area (Å²) >= 11 is 0. The van der Waals surface area contributed by atoms with Gasteiger partial charge in [0.05, 0.1) is 6.54 Å². The quantitative estimate of drug-likeness (QED) is 0.867. The molecule has 3 heteroatoms. The molecule has 1 heterocycles. The molecule has 1 aromatic carbocycles. The molecule has 1 unspecified atom stereocenters. The number of hydrogen-bond donors (Lipinski definition) is 1. The van der Waals surface area contributed by atoms with Crippen LogP contribution in [0.2, 0.25) is 0 Å². The molecule has 0 aromatic heterocycles. The number of hydrogen-bond acceptors (Lipinski definition) is 2. The number of rotatable bonds is 3. The number of aryl methyl sites for hydroxylation is 1. The first-order valence-electron chi connectivity index (χ1n) is 7.74. The molecule has 1 aliphatic heterocycles. The largest absolute Gasteiger partial charge is 0.338 e. The molecular weight excluding hydrogens is 260 g/mol. The van der Waals surface area contributed by atoms with E-state index in [2.05, 4.69) is 18.8 Å². The average molecular weight is 284 g/mol. The number of likely N-dealkylation sites (tertiary alicyclic amines) is 1. The van der Waals surface area contributed by atoms with E-state index in [9.17, 15) is 4.79 Å². The van der Waals surface area contributed by atoms with Gasteiger partial charge in [-0.25, -0.2) is 0 Å². The Morgan fingerprint density at radius 2 is 2.29 bits per heavy atom. The van der Waals surface area contributed by atoms with Crippen LogP contribution in [0.4, 0.5) is 0 Å². The predicted octanol–water partition coefficient (Wildman–Crippen LogP) is 2.57. The molecule has 112 valence electrons. The van der Waals surface area contributed by atoms with E-state index < -0.39 is 0 Å². The standard InChI is InChI=1S/C18H24N2O/c1-3-5-15-9-11-20(13-15)18(21)17-8-7-14(2)16(12-17)6-4-10-19/h7-8,12,15H,3,5,9-11,13,19H2,1-2H3. The second kappa shape index (κ2) is 7.28. The van der Waals surface area contributed by atoms with E-state index in [0.717, 1.165) is 36.2 Å². The lowest BCUT2D eigenvalue weighted by Gasteiger charge is -2.17. The highest BCUT2D eigenvalue weighted by Crippen LogP contribution is 2.23. The van der Waals surface area contributed by atoms with Crippen molar-refractivity contribution >= 4 is 5.91 Å². The highest BCUT2D eigenvalue weighted by atomic mass is 16.2. The van der Waals surface area contributed by atoms with E-state index in [1.807, 2.05) is 30.0 Å². The first-order valence-corrected chi connectivity index (χ1v) is 7.74. The molecule has 0 bridgehead atoms. The first kappa shape index (κ1) is 15.6. The van der Waals surface area contributed by atoms with Gasteiger partial charge >= 0.3 is 0 Å². The van der Waals surface area contributed by atoms with Crippen LogP contribution in [-0.2, 0) is 0 Å². The summed E-state index contributed by atoms with van der Waals surface area (Å²) in [6, 6.07) is 5.76. The number of carbonyl (C=O) groups is 1. The zero-order valence-electron chi connectivity index (χ0n) is 13.0. The average Bonchev–Trinajstić information content (AvgIpc) is 2.95. The zero-order chi connectivity index (χ0) is 15.2. The van der Waals surface area contributed by atoms with Crippen LogP contribution >= 0.6 is 0 Å². The molecule has 2 rings (SSSR count). The molecular formula is C18H24N2O. The maximum atomic E-state index is 12.6. The van der Waals surface area contributed by atoms with Crippen molar-refractivity contribution in [2.24, 2.45) is 11.7 Å². The molecule has 1 aliphatic rings. The number of carbonyl (C=O) groups excluding carboxylic acids is 1. The molecule has 1 fully saturated rings. The fourth-order valence-electron chi connectivity index (χ4n) is 2.88. The van der Waals surface area contributed by atoms with Crippen LogP contribution in [0.1, 0.15) is 47.7 Å². The molecule has 1 atom stereocenters. The zero-order valence-corrected chi connectivity index (χ0v) is 13.0. The molecule has 0 saturated carbocycles. The van der Waals surface area contributed by atoms with Crippen LogP contribution in [0.15, 0.2) is 18.2 Å². The molecule has 1 amide bonds. The van der Waals surface area contributed by atoms with E-state index in [-0.39, 0.29) is 5.91 Å². The lowest BCUT2D eigenvalue weighted by Crippen LogP contribution is -2.28. The highest BCUT2D eigenvalue weighted by Gasteiger charge is 2.26. The molecule has 1 aromatic rings. The summed E-state index contributed by atoms with van der Waals surface area (Å²) in [5.41, 5.74) is 8.13. The Bertz CT molecular complexity index is 568. The van der Waals surface area contributed by atoms with E-state index in [1.54, 1.807) is 0 Å². The Hall–Kier alpha value is -1.79. The van der Waals surface area contributed by atoms with Crippen molar-refractivity contribution in [3.63, 3.8) is 0 Å². The predicted molar refractivity (Wildman–Crippen MR) is 86.0 cm³/mol. The van der Waals surface area contributed by atoms with Gasteiger partial charge in [-0.15, -0.1) is 0 Å². The summed E-state index contributed by atoms with van der Waals surface area (Å²) < 4.78 is 0. The normalized spacial score (nSPS) is 17.5. The van der Waals surface area contributed by atoms with Gasteiger partial charge in [0.15, 0.2) is 0 Å². The van der Waals surface area contributed by atoms with Crippen molar-refractivity contribution in [2.75, 3.05) is 19.6 Å². The monoisotopic (exact) mass is 284 g/mol. The number of amides is 1. The van der Waals surface area contributed by atoms with Crippen molar-refractivity contribution in [3.8, 4) is 11.8 Å². The second-order valence-corrected chi connectivity index (χ2v) is 5.73. The smallest absolute Gasteiger partial charge is 0.253 e. The summed E-state index contributed by atoms with van der Waals surface area (Å²) in [5.74, 6) is 6.70. The summed E-state index contributed by atoms with van der Waals surface area (Å²) in [6.45, 7) is 6.31. The van der Waals surface area contributed by atoms with Crippen LogP contribution in [0.3, 0.4) is 0 Å². The number of benzene rings is 1. The van der Waals surface area contributed by atoms with Gasteiger partial charge in [0.25, 0.3) is 5.91 Å². The summed E-state index contributed by atoms with van der Waals surface area (Å²) in [6.07, 6.45) is 3.53. The number of nitrogens with zero attached hydrogens (tertiary/aromatic N) is 1. The molecule has 3 nitrogen and oxygen atoms in total. The van der Waals surface area contributed by atoms with Gasteiger partial charge in [0, 0.05) is 24.2 Å². The molecule has 0 aliphatic carbocycles. The van der Waals surface area contributed by atoms with Crippen molar-refractivity contribution in [3.05, 3.63) is 34.9 Å². The Morgan fingerprint density at radius 3 is 3.00 bits per heavy atom. The topological polar surface area (TPSA) is 46.3 Å². The molecule has 0 spiro atoms. The van der Waals surface area contributed by atoms with Crippen LogP contribution in [0.25, 0.3) is 0 Å². The lowest BCUT2D eigenvalue weighted by atomic mass is 10.0. The third kappa shape index (κ3) is 3.86. The minimum absolute atomic E-state index is 0.129. The molecule has 1 saturated heterocycles. The van der Waals surface area contributed by atoms with Crippen molar-refractivity contribution in [2.45, 2.75) is 33.1 Å². The Labute approximate surface area is 127 Å². The van der Waals surface area contributed by atoms with Crippen LogP contribution < -0.4 is 5.73 Å². The Kier molecular flexibility index (Phi) is 5.41. The number of nitrogens with two attached hydrogens (primary N) is 1. The molecule has 21 heavy (non-hydrogen) atoms. The third-order valence-corrected chi connectivity index (χ3v) is 4.08.